The lowest BCUT2D eigenvalue weighted by Crippen LogP contribution is -2.29. The van der Waals surface area contributed by atoms with Gasteiger partial charge < -0.3 is 19.9 Å². The van der Waals surface area contributed by atoms with Gasteiger partial charge in [0.25, 0.3) is 10.0 Å². The lowest BCUT2D eigenvalue weighted by Gasteiger charge is -2.38. The summed E-state index contributed by atoms with van der Waals surface area (Å²) in [4.78, 5) is 11.2. The molecule has 9 heteroatoms. The first-order chi connectivity index (χ1) is 17.3. The van der Waals surface area contributed by atoms with Crippen molar-refractivity contribution in [3.8, 4) is 11.5 Å². The fourth-order valence-corrected chi connectivity index (χ4v) is 6.12. The van der Waals surface area contributed by atoms with Crippen LogP contribution in [-0.2, 0) is 10.0 Å². The summed E-state index contributed by atoms with van der Waals surface area (Å²) >= 11 is 0. The van der Waals surface area contributed by atoms with Gasteiger partial charge >= 0.3 is 5.97 Å². The van der Waals surface area contributed by atoms with Crippen molar-refractivity contribution in [3.63, 3.8) is 0 Å². The molecule has 3 aromatic rings. The van der Waals surface area contributed by atoms with Gasteiger partial charge in [0, 0.05) is 22.9 Å². The molecule has 5 rings (SSSR count). The molecule has 1 aliphatic carbocycles. The molecule has 0 fully saturated rings. The number of nitrogens with one attached hydrogen (secondary N) is 2. The van der Waals surface area contributed by atoms with Gasteiger partial charge in [-0.3, -0.25) is 4.72 Å². The van der Waals surface area contributed by atoms with E-state index in [-0.39, 0.29) is 28.3 Å². The highest BCUT2D eigenvalue weighted by atomic mass is 32.2. The third-order valence-electron chi connectivity index (χ3n) is 6.80. The van der Waals surface area contributed by atoms with E-state index in [0.717, 1.165) is 34.7 Å². The van der Waals surface area contributed by atoms with Crippen LogP contribution in [0.25, 0.3) is 0 Å². The number of fused-ring (bicyclic) bond motifs is 3. The minimum absolute atomic E-state index is 0.0344. The SMILES string of the molecule is COc1ccc(OC)c([C@H]2Nc3ccc(S(=O)(=O)Nc4ccc(C(=O)O)cc4)cc3[C@H]3C=CC[C@H]32)c1. The fraction of sp³-hybridized carbons (Fsp3) is 0.222. The van der Waals surface area contributed by atoms with Gasteiger partial charge in [-0.15, -0.1) is 0 Å². The Balaban J connectivity index is 1.47. The van der Waals surface area contributed by atoms with Gasteiger partial charge in [0.2, 0.25) is 0 Å². The van der Waals surface area contributed by atoms with Gasteiger partial charge in [0.1, 0.15) is 11.5 Å². The van der Waals surface area contributed by atoms with Crippen molar-refractivity contribution in [3.05, 3.63) is 89.5 Å². The van der Waals surface area contributed by atoms with Gasteiger partial charge in [-0.2, -0.15) is 0 Å². The predicted molar refractivity (Wildman–Crippen MR) is 137 cm³/mol. The van der Waals surface area contributed by atoms with Crippen LogP contribution in [0.1, 0.15) is 39.9 Å². The second-order valence-electron chi connectivity index (χ2n) is 8.82. The van der Waals surface area contributed by atoms with E-state index in [9.17, 15) is 13.2 Å². The largest absolute Gasteiger partial charge is 0.497 e. The van der Waals surface area contributed by atoms with Crippen LogP contribution in [0.2, 0.25) is 0 Å². The van der Waals surface area contributed by atoms with E-state index in [2.05, 4.69) is 22.2 Å². The van der Waals surface area contributed by atoms with Crippen LogP contribution in [0.5, 0.6) is 11.5 Å². The Hall–Kier alpha value is -3.98. The molecule has 0 radical (unpaired) electrons. The lowest BCUT2D eigenvalue weighted by atomic mass is 9.77. The van der Waals surface area contributed by atoms with Crippen LogP contribution >= 0.6 is 0 Å². The Morgan fingerprint density at radius 3 is 2.47 bits per heavy atom. The third-order valence-corrected chi connectivity index (χ3v) is 8.18. The van der Waals surface area contributed by atoms with Crippen molar-refractivity contribution in [2.45, 2.75) is 23.3 Å². The number of rotatable bonds is 7. The molecule has 3 N–H and O–H groups in total. The number of carboxylic acids is 1. The second-order valence-corrected chi connectivity index (χ2v) is 10.5. The van der Waals surface area contributed by atoms with Crippen molar-refractivity contribution in [2.75, 3.05) is 24.3 Å². The van der Waals surface area contributed by atoms with Crippen molar-refractivity contribution in [1.29, 1.82) is 0 Å². The number of methoxy groups -OCH3 is 2. The first-order valence-corrected chi connectivity index (χ1v) is 12.9. The topological polar surface area (TPSA) is 114 Å². The molecule has 3 aromatic carbocycles. The Morgan fingerprint density at radius 2 is 1.78 bits per heavy atom. The molecule has 0 amide bonds. The Kier molecular flexibility index (Phi) is 6.09. The minimum Gasteiger partial charge on any atom is -0.497 e. The van der Waals surface area contributed by atoms with Gasteiger partial charge in [-0.25, -0.2) is 13.2 Å². The van der Waals surface area contributed by atoms with E-state index in [1.807, 2.05) is 18.2 Å². The number of hydrogen-bond donors (Lipinski definition) is 3. The summed E-state index contributed by atoms with van der Waals surface area (Å²) in [7, 11) is -0.605. The van der Waals surface area contributed by atoms with Crippen molar-refractivity contribution < 1.29 is 27.8 Å². The maximum Gasteiger partial charge on any atom is 0.335 e. The zero-order valence-electron chi connectivity index (χ0n) is 19.8. The lowest BCUT2D eigenvalue weighted by molar-refractivity contribution is 0.0697. The van der Waals surface area contributed by atoms with E-state index in [1.54, 1.807) is 32.4 Å². The average molecular weight is 507 g/mol. The number of anilines is 2. The van der Waals surface area contributed by atoms with Gasteiger partial charge in [-0.05, 0) is 78.6 Å². The molecule has 3 atom stereocenters. The van der Waals surface area contributed by atoms with Gasteiger partial charge in [0.15, 0.2) is 0 Å². The van der Waals surface area contributed by atoms with E-state index in [0.29, 0.717) is 5.69 Å². The maximum absolute atomic E-state index is 13.1. The summed E-state index contributed by atoms with van der Waals surface area (Å²) in [5.41, 5.74) is 3.14. The predicted octanol–water partition coefficient (Wildman–Crippen LogP) is 5.03. The van der Waals surface area contributed by atoms with Crippen LogP contribution in [-0.4, -0.2) is 33.7 Å². The highest BCUT2D eigenvalue weighted by Gasteiger charge is 2.39. The molecule has 0 saturated heterocycles. The van der Waals surface area contributed by atoms with Crippen molar-refractivity contribution in [2.24, 2.45) is 5.92 Å². The normalized spacial score (nSPS) is 20.1. The fourth-order valence-electron chi connectivity index (χ4n) is 5.02. The minimum atomic E-state index is -3.88. The number of ether oxygens (including phenoxy) is 2. The van der Waals surface area contributed by atoms with Gasteiger partial charge in [-0.1, -0.05) is 12.2 Å². The van der Waals surface area contributed by atoms with Crippen LogP contribution < -0.4 is 19.5 Å². The molecule has 1 aliphatic heterocycles. The summed E-state index contributed by atoms with van der Waals surface area (Å²) in [5.74, 6) is 0.639. The summed E-state index contributed by atoms with van der Waals surface area (Å²) in [6.07, 6.45) is 5.11. The Labute approximate surface area is 209 Å². The Bertz CT molecular complexity index is 1450. The van der Waals surface area contributed by atoms with E-state index >= 15 is 0 Å². The van der Waals surface area contributed by atoms with Crippen molar-refractivity contribution >= 4 is 27.4 Å². The van der Waals surface area contributed by atoms with Crippen LogP contribution in [0, 0.1) is 5.92 Å². The third kappa shape index (κ3) is 4.26. The molecular weight excluding hydrogens is 480 g/mol. The number of allylic oxidation sites excluding steroid dienone is 2. The number of aromatic carboxylic acids is 1. The number of sulfonamides is 1. The molecule has 0 bridgehead atoms. The highest BCUT2D eigenvalue weighted by Crippen LogP contribution is 2.52. The number of carboxylic acid groups (broad SMARTS) is 1. The molecule has 0 saturated carbocycles. The molecule has 0 spiro atoms. The summed E-state index contributed by atoms with van der Waals surface area (Å²) in [6, 6.07) is 16.4. The average Bonchev–Trinajstić information content (AvgIpc) is 3.38. The maximum atomic E-state index is 13.1. The smallest absolute Gasteiger partial charge is 0.335 e. The molecule has 36 heavy (non-hydrogen) atoms. The van der Waals surface area contributed by atoms with Crippen LogP contribution in [0.4, 0.5) is 11.4 Å². The molecule has 186 valence electrons. The zero-order valence-corrected chi connectivity index (χ0v) is 20.6. The molecule has 1 heterocycles. The summed E-state index contributed by atoms with van der Waals surface area (Å²) in [6.45, 7) is 0. The number of hydrogen-bond acceptors (Lipinski definition) is 6. The standard InChI is InChI=1S/C27H26N2O6S/c1-34-18-10-13-25(35-2)23(14-18)26-21-5-3-4-20(21)22-15-19(11-12-24(22)28-26)36(32,33)29-17-8-6-16(7-9-17)27(30)31/h3-4,6-15,20-21,26,28-29H,5H2,1-2H3,(H,30,31)/t20-,21+,26-/m0/s1. The highest BCUT2D eigenvalue weighted by molar-refractivity contribution is 7.92. The summed E-state index contributed by atoms with van der Waals surface area (Å²) < 4.78 is 39.9. The van der Waals surface area contributed by atoms with E-state index in [4.69, 9.17) is 14.6 Å². The van der Waals surface area contributed by atoms with E-state index < -0.39 is 16.0 Å². The molecule has 0 aromatic heterocycles. The van der Waals surface area contributed by atoms with Crippen LogP contribution in [0.3, 0.4) is 0 Å². The second kappa shape index (κ2) is 9.23. The monoisotopic (exact) mass is 506 g/mol. The quantitative estimate of drug-likeness (QED) is 0.385. The van der Waals surface area contributed by atoms with E-state index in [1.165, 1.54) is 24.3 Å². The first kappa shape index (κ1) is 23.7. The van der Waals surface area contributed by atoms with Gasteiger partial charge in [0.05, 0.1) is 30.7 Å². The number of benzene rings is 3. The van der Waals surface area contributed by atoms with Crippen LogP contribution in [0.15, 0.2) is 77.7 Å². The Morgan fingerprint density at radius 1 is 1.00 bits per heavy atom. The van der Waals surface area contributed by atoms with Crippen molar-refractivity contribution in [1.82, 2.24) is 0 Å². The molecule has 2 aliphatic rings. The molecular formula is C27H26N2O6S. The summed E-state index contributed by atoms with van der Waals surface area (Å²) in [5, 5.41) is 12.7. The molecule has 8 nitrogen and oxygen atoms in total. The first-order valence-electron chi connectivity index (χ1n) is 11.5. The number of carbonyl (C=O) groups is 1. The zero-order chi connectivity index (χ0) is 25.4. The molecule has 0 unspecified atom stereocenters.